The van der Waals surface area contributed by atoms with Gasteiger partial charge in [0.25, 0.3) is 0 Å². The maximum Gasteiger partial charge on any atom is 0.248 e. The molecule has 0 bridgehead atoms. The highest BCUT2D eigenvalue weighted by Crippen LogP contribution is 2.38. The van der Waals surface area contributed by atoms with E-state index in [4.69, 9.17) is 0 Å². The van der Waals surface area contributed by atoms with E-state index < -0.39 is 17.6 Å². The van der Waals surface area contributed by atoms with Gasteiger partial charge in [-0.05, 0) is 30.9 Å². The Labute approximate surface area is 103 Å². The van der Waals surface area contributed by atoms with Crippen molar-refractivity contribution in [3.05, 3.63) is 29.3 Å². The average Bonchev–Trinajstić information content (AvgIpc) is 2.62. The van der Waals surface area contributed by atoms with Gasteiger partial charge in [0.1, 0.15) is 11.6 Å². The molecule has 1 fully saturated rings. The fraction of sp³-hybridized carbons (Fsp3) is 0.538. The van der Waals surface area contributed by atoms with Gasteiger partial charge >= 0.3 is 0 Å². The van der Waals surface area contributed by atoms with E-state index in [-0.39, 0.29) is 36.6 Å². The SMILES string of the molecule is Cc1cc(F)c(NCC2CCC(F)(F)C2)cc1F. The molecule has 0 aromatic heterocycles. The minimum absolute atomic E-state index is 0.0355. The normalized spacial score (nSPS) is 22.2. The summed E-state index contributed by atoms with van der Waals surface area (Å²) in [5, 5.41) is 2.71. The van der Waals surface area contributed by atoms with Crippen molar-refractivity contribution in [1.29, 1.82) is 0 Å². The first kappa shape index (κ1) is 13.2. The van der Waals surface area contributed by atoms with Crippen molar-refractivity contribution in [1.82, 2.24) is 0 Å². The molecule has 2 rings (SSSR count). The summed E-state index contributed by atoms with van der Waals surface area (Å²) in [5.41, 5.74) is 0.263. The molecule has 1 aliphatic carbocycles. The number of benzene rings is 1. The predicted molar refractivity (Wildman–Crippen MR) is 61.9 cm³/mol. The lowest BCUT2D eigenvalue weighted by atomic mass is 10.1. The number of halogens is 4. The lowest BCUT2D eigenvalue weighted by molar-refractivity contribution is 0.00556. The zero-order chi connectivity index (χ0) is 13.3. The molecule has 1 aromatic carbocycles. The molecule has 100 valence electrons. The third-order valence-corrected chi connectivity index (χ3v) is 3.34. The topological polar surface area (TPSA) is 12.0 Å². The van der Waals surface area contributed by atoms with Gasteiger partial charge < -0.3 is 5.32 Å². The summed E-state index contributed by atoms with van der Waals surface area (Å²) in [6.07, 6.45) is 0.107. The molecule has 0 aliphatic heterocycles. The summed E-state index contributed by atoms with van der Waals surface area (Å²) in [5.74, 6) is -3.86. The minimum Gasteiger partial charge on any atom is -0.382 e. The Bertz CT molecular complexity index is 445. The lowest BCUT2D eigenvalue weighted by Gasteiger charge is -2.14. The zero-order valence-corrected chi connectivity index (χ0v) is 10.1. The highest BCUT2D eigenvalue weighted by Gasteiger charge is 2.39. The third-order valence-electron chi connectivity index (χ3n) is 3.34. The second-order valence-electron chi connectivity index (χ2n) is 4.93. The number of alkyl halides is 2. The fourth-order valence-electron chi connectivity index (χ4n) is 2.25. The number of hydrogen-bond acceptors (Lipinski definition) is 1. The molecule has 1 saturated carbocycles. The second-order valence-corrected chi connectivity index (χ2v) is 4.93. The first-order valence-electron chi connectivity index (χ1n) is 5.95. The van der Waals surface area contributed by atoms with Crippen LogP contribution in [-0.4, -0.2) is 12.5 Å². The maximum absolute atomic E-state index is 13.5. The van der Waals surface area contributed by atoms with E-state index >= 15 is 0 Å². The van der Waals surface area contributed by atoms with Gasteiger partial charge in [0.15, 0.2) is 0 Å². The van der Waals surface area contributed by atoms with Gasteiger partial charge in [-0.15, -0.1) is 0 Å². The van der Waals surface area contributed by atoms with Crippen LogP contribution in [0.5, 0.6) is 0 Å². The number of rotatable bonds is 3. The standard InChI is InChI=1S/C13H15F4N/c1-8-4-11(15)12(5-10(8)14)18-7-9-2-3-13(16,17)6-9/h4-5,9,18H,2-3,6-7H2,1H3. The van der Waals surface area contributed by atoms with Gasteiger partial charge in [-0.25, -0.2) is 17.6 Å². The predicted octanol–water partition coefficient (Wildman–Crippen LogP) is 4.12. The molecule has 1 aromatic rings. The molecule has 1 atom stereocenters. The Hall–Kier alpha value is -1.26. The summed E-state index contributed by atoms with van der Waals surface area (Å²) < 4.78 is 52.6. The van der Waals surface area contributed by atoms with Gasteiger partial charge in [-0.3, -0.25) is 0 Å². The van der Waals surface area contributed by atoms with Crippen LogP contribution < -0.4 is 5.32 Å². The number of anilines is 1. The van der Waals surface area contributed by atoms with Gasteiger partial charge in [0, 0.05) is 25.5 Å². The summed E-state index contributed by atoms with van der Waals surface area (Å²) in [6, 6.07) is 2.17. The van der Waals surface area contributed by atoms with Crippen molar-refractivity contribution in [2.24, 2.45) is 5.92 Å². The molecular weight excluding hydrogens is 246 g/mol. The summed E-state index contributed by atoms with van der Waals surface area (Å²) >= 11 is 0. The molecule has 18 heavy (non-hydrogen) atoms. The monoisotopic (exact) mass is 261 g/mol. The Kier molecular flexibility index (Phi) is 3.50. The average molecular weight is 261 g/mol. The van der Waals surface area contributed by atoms with E-state index in [0.29, 0.717) is 6.42 Å². The van der Waals surface area contributed by atoms with E-state index in [2.05, 4.69) is 5.32 Å². The van der Waals surface area contributed by atoms with Gasteiger partial charge in [-0.1, -0.05) is 0 Å². The highest BCUT2D eigenvalue weighted by atomic mass is 19.3. The van der Waals surface area contributed by atoms with E-state index in [1.807, 2.05) is 0 Å². The Morgan fingerprint density at radius 2 is 2.00 bits per heavy atom. The van der Waals surface area contributed by atoms with E-state index in [0.717, 1.165) is 12.1 Å². The van der Waals surface area contributed by atoms with Crippen LogP contribution in [0.15, 0.2) is 12.1 Å². The molecule has 1 aliphatic rings. The molecule has 0 heterocycles. The van der Waals surface area contributed by atoms with Crippen molar-refractivity contribution in [3.8, 4) is 0 Å². The molecular formula is C13H15F4N. The van der Waals surface area contributed by atoms with Crippen LogP contribution in [0.2, 0.25) is 0 Å². The fourth-order valence-corrected chi connectivity index (χ4v) is 2.25. The molecule has 0 saturated heterocycles. The molecule has 0 spiro atoms. The molecule has 5 heteroatoms. The van der Waals surface area contributed by atoms with Crippen LogP contribution in [0.4, 0.5) is 23.2 Å². The van der Waals surface area contributed by atoms with E-state index in [9.17, 15) is 17.6 Å². The van der Waals surface area contributed by atoms with E-state index in [1.165, 1.54) is 6.92 Å². The number of aryl methyl sites for hydroxylation is 1. The lowest BCUT2D eigenvalue weighted by Crippen LogP contribution is -2.16. The molecule has 1 unspecified atom stereocenters. The van der Waals surface area contributed by atoms with Crippen LogP contribution in [0.3, 0.4) is 0 Å². The quantitative estimate of drug-likeness (QED) is 0.807. The smallest absolute Gasteiger partial charge is 0.248 e. The van der Waals surface area contributed by atoms with Gasteiger partial charge in [0.05, 0.1) is 5.69 Å². The molecule has 0 radical (unpaired) electrons. The Balaban J connectivity index is 1.97. The zero-order valence-electron chi connectivity index (χ0n) is 10.1. The van der Waals surface area contributed by atoms with E-state index in [1.54, 1.807) is 0 Å². The van der Waals surface area contributed by atoms with Crippen LogP contribution in [-0.2, 0) is 0 Å². The number of hydrogen-bond donors (Lipinski definition) is 1. The van der Waals surface area contributed by atoms with Gasteiger partial charge in [0.2, 0.25) is 5.92 Å². The molecule has 1 nitrogen and oxygen atoms in total. The maximum atomic E-state index is 13.5. The van der Waals surface area contributed by atoms with Crippen LogP contribution in [0.25, 0.3) is 0 Å². The van der Waals surface area contributed by atoms with Crippen molar-refractivity contribution in [3.63, 3.8) is 0 Å². The summed E-state index contributed by atoms with van der Waals surface area (Å²) in [7, 11) is 0. The Morgan fingerprint density at radius 3 is 2.61 bits per heavy atom. The Morgan fingerprint density at radius 1 is 1.28 bits per heavy atom. The second kappa shape index (κ2) is 4.78. The first-order valence-corrected chi connectivity index (χ1v) is 5.95. The molecule has 1 N–H and O–H groups in total. The van der Waals surface area contributed by atoms with Gasteiger partial charge in [-0.2, -0.15) is 0 Å². The largest absolute Gasteiger partial charge is 0.382 e. The van der Waals surface area contributed by atoms with Crippen molar-refractivity contribution in [2.75, 3.05) is 11.9 Å². The van der Waals surface area contributed by atoms with Crippen LogP contribution in [0.1, 0.15) is 24.8 Å². The number of nitrogens with one attached hydrogen (secondary N) is 1. The third kappa shape index (κ3) is 2.94. The highest BCUT2D eigenvalue weighted by molar-refractivity contribution is 5.46. The summed E-state index contributed by atoms with van der Waals surface area (Å²) in [6.45, 7) is 1.72. The van der Waals surface area contributed by atoms with Crippen molar-refractivity contribution in [2.45, 2.75) is 32.1 Å². The minimum atomic E-state index is -2.61. The van der Waals surface area contributed by atoms with Crippen LogP contribution in [0, 0.1) is 24.5 Å². The van der Waals surface area contributed by atoms with Crippen molar-refractivity contribution >= 4 is 5.69 Å². The summed E-state index contributed by atoms with van der Waals surface area (Å²) in [4.78, 5) is 0. The van der Waals surface area contributed by atoms with Crippen LogP contribution >= 0.6 is 0 Å². The molecule has 0 amide bonds. The first-order chi connectivity index (χ1) is 8.37. The van der Waals surface area contributed by atoms with Crippen molar-refractivity contribution < 1.29 is 17.6 Å².